The number of nitrogens with zero attached hydrogens (tertiary/aromatic N) is 4. The Balaban J connectivity index is 1.55. The van der Waals surface area contributed by atoms with E-state index in [2.05, 4.69) is 30.4 Å². The number of ether oxygens (including phenoxy) is 1. The second-order valence-electron chi connectivity index (χ2n) is 7.62. The number of benzene rings is 1. The summed E-state index contributed by atoms with van der Waals surface area (Å²) >= 11 is 0. The molecule has 0 aliphatic carbocycles. The number of methoxy groups -OCH3 is 1. The predicted molar refractivity (Wildman–Crippen MR) is 116 cm³/mol. The van der Waals surface area contributed by atoms with E-state index in [0.29, 0.717) is 6.54 Å². The number of rotatable bonds is 8. The second-order valence-corrected chi connectivity index (χ2v) is 7.62. The lowest BCUT2D eigenvalue weighted by Crippen LogP contribution is -2.38. The fraction of sp³-hybridized carbons (Fsp3) is 0.591. The molecule has 8 heteroatoms. The molecule has 1 aliphatic heterocycles. The van der Waals surface area contributed by atoms with Crippen LogP contribution in [-0.2, 0) is 19.4 Å². The summed E-state index contributed by atoms with van der Waals surface area (Å²) in [6.07, 6.45) is 6.48. The molecule has 0 bridgehead atoms. The Hall–Kier alpha value is -2.64. The SMILES string of the molecule is CCNC(=NCCCc1nnc2n1CCCCC2)NC(C)c1ccc(OC)c(F)c1. The van der Waals surface area contributed by atoms with Crippen molar-refractivity contribution in [3.8, 4) is 5.75 Å². The molecule has 3 rings (SSSR count). The molecule has 0 spiro atoms. The maximum atomic E-state index is 14.0. The molecule has 2 N–H and O–H groups in total. The van der Waals surface area contributed by atoms with E-state index in [1.165, 1.54) is 32.4 Å². The first-order valence-electron chi connectivity index (χ1n) is 10.9. The molecule has 164 valence electrons. The van der Waals surface area contributed by atoms with Gasteiger partial charge in [-0.05, 0) is 50.8 Å². The van der Waals surface area contributed by atoms with Gasteiger partial charge in [-0.2, -0.15) is 0 Å². The van der Waals surface area contributed by atoms with Crippen LogP contribution in [0.4, 0.5) is 4.39 Å². The highest BCUT2D eigenvalue weighted by molar-refractivity contribution is 5.80. The minimum absolute atomic E-state index is 0.0875. The molecule has 1 aliphatic rings. The number of halogens is 1. The maximum Gasteiger partial charge on any atom is 0.191 e. The van der Waals surface area contributed by atoms with E-state index < -0.39 is 0 Å². The number of nitrogens with one attached hydrogen (secondary N) is 2. The van der Waals surface area contributed by atoms with E-state index in [1.807, 2.05) is 19.9 Å². The minimum Gasteiger partial charge on any atom is -0.494 e. The summed E-state index contributed by atoms with van der Waals surface area (Å²) in [5.41, 5.74) is 0.838. The van der Waals surface area contributed by atoms with Crippen LogP contribution in [0.3, 0.4) is 0 Å². The zero-order valence-corrected chi connectivity index (χ0v) is 18.2. The Morgan fingerprint density at radius 2 is 2.17 bits per heavy atom. The summed E-state index contributed by atoms with van der Waals surface area (Å²) in [6, 6.07) is 4.92. The standard InChI is InChI=1S/C22H33FN6O/c1-4-24-22(26-16(2)17-11-12-19(30-3)18(23)15-17)25-13-8-10-21-28-27-20-9-6-5-7-14-29(20)21/h11-12,15-16H,4-10,13-14H2,1-3H3,(H2,24,25,26). The van der Waals surface area contributed by atoms with E-state index in [0.717, 1.165) is 55.5 Å². The zero-order valence-electron chi connectivity index (χ0n) is 18.2. The first-order valence-corrected chi connectivity index (χ1v) is 10.9. The van der Waals surface area contributed by atoms with E-state index in [-0.39, 0.29) is 17.6 Å². The average Bonchev–Trinajstić information content (AvgIpc) is 2.97. The molecule has 0 amide bonds. The number of aryl methyl sites for hydroxylation is 2. The Labute approximate surface area is 178 Å². The van der Waals surface area contributed by atoms with Crippen molar-refractivity contribution < 1.29 is 9.13 Å². The van der Waals surface area contributed by atoms with Gasteiger partial charge in [0.2, 0.25) is 0 Å². The van der Waals surface area contributed by atoms with Gasteiger partial charge in [0.15, 0.2) is 17.5 Å². The highest BCUT2D eigenvalue weighted by atomic mass is 19.1. The van der Waals surface area contributed by atoms with Crippen LogP contribution < -0.4 is 15.4 Å². The van der Waals surface area contributed by atoms with Crippen molar-refractivity contribution in [2.45, 2.75) is 65.0 Å². The van der Waals surface area contributed by atoms with Crippen LogP contribution in [-0.4, -0.2) is 40.9 Å². The molecule has 1 aromatic heterocycles. The lowest BCUT2D eigenvalue weighted by atomic mass is 10.1. The topological polar surface area (TPSA) is 76.4 Å². The minimum atomic E-state index is -0.363. The summed E-state index contributed by atoms with van der Waals surface area (Å²) in [4.78, 5) is 4.68. The van der Waals surface area contributed by atoms with E-state index in [4.69, 9.17) is 4.74 Å². The highest BCUT2D eigenvalue weighted by Crippen LogP contribution is 2.21. The number of aromatic nitrogens is 3. The van der Waals surface area contributed by atoms with E-state index in [1.54, 1.807) is 6.07 Å². The van der Waals surface area contributed by atoms with Crippen molar-refractivity contribution in [3.63, 3.8) is 0 Å². The van der Waals surface area contributed by atoms with Crippen LogP contribution in [0.1, 0.15) is 62.8 Å². The monoisotopic (exact) mass is 416 g/mol. The molecular weight excluding hydrogens is 383 g/mol. The van der Waals surface area contributed by atoms with Gasteiger partial charge in [-0.15, -0.1) is 10.2 Å². The Morgan fingerprint density at radius 3 is 2.93 bits per heavy atom. The summed E-state index contributed by atoms with van der Waals surface area (Å²) in [6.45, 7) is 6.48. The Bertz CT molecular complexity index is 850. The fourth-order valence-corrected chi connectivity index (χ4v) is 3.72. The normalized spacial score (nSPS) is 15.3. The van der Waals surface area contributed by atoms with Gasteiger partial charge in [0.05, 0.1) is 13.2 Å². The van der Waals surface area contributed by atoms with E-state index in [9.17, 15) is 4.39 Å². The van der Waals surface area contributed by atoms with Crippen molar-refractivity contribution in [2.24, 2.45) is 4.99 Å². The van der Waals surface area contributed by atoms with Gasteiger partial charge in [-0.25, -0.2) is 4.39 Å². The van der Waals surface area contributed by atoms with Crippen molar-refractivity contribution in [3.05, 3.63) is 41.2 Å². The maximum absolute atomic E-state index is 14.0. The van der Waals surface area contributed by atoms with Crippen molar-refractivity contribution in [1.29, 1.82) is 0 Å². The third-order valence-corrected chi connectivity index (χ3v) is 5.39. The first-order chi connectivity index (χ1) is 14.6. The molecule has 1 unspecified atom stereocenters. The number of guanidine groups is 1. The van der Waals surface area contributed by atoms with Crippen LogP contribution >= 0.6 is 0 Å². The zero-order chi connectivity index (χ0) is 21.3. The molecule has 2 aromatic rings. The third-order valence-electron chi connectivity index (χ3n) is 5.39. The quantitative estimate of drug-likeness (QED) is 0.392. The van der Waals surface area contributed by atoms with Crippen LogP contribution in [0.2, 0.25) is 0 Å². The van der Waals surface area contributed by atoms with Gasteiger partial charge in [-0.3, -0.25) is 4.99 Å². The Kier molecular flexibility index (Phi) is 8.04. The predicted octanol–water partition coefficient (Wildman–Crippen LogP) is 3.40. The molecule has 1 atom stereocenters. The molecule has 0 radical (unpaired) electrons. The van der Waals surface area contributed by atoms with Crippen LogP contribution in [0.15, 0.2) is 23.2 Å². The summed E-state index contributed by atoms with van der Waals surface area (Å²) in [5, 5.41) is 15.4. The van der Waals surface area contributed by atoms with Crippen molar-refractivity contribution in [2.75, 3.05) is 20.2 Å². The van der Waals surface area contributed by atoms with Gasteiger partial charge >= 0.3 is 0 Å². The van der Waals surface area contributed by atoms with Gasteiger partial charge in [0.25, 0.3) is 0 Å². The van der Waals surface area contributed by atoms with Crippen LogP contribution in [0.25, 0.3) is 0 Å². The lowest BCUT2D eigenvalue weighted by Gasteiger charge is -2.18. The largest absolute Gasteiger partial charge is 0.494 e. The number of hydrogen-bond acceptors (Lipinski definition) is 4. The molecule has 30 heavy (non-hydrogen) atoms. The van der Waals surface area contributed by atoms with Gasteiger partial charge in [0, 0.05) is 32.5 Å². The first kappa shape index (κ1) is 22.1. The summed E-state index contributed by atoms with van der Waals surface area (Å²) < 4.78 is 21.3. The molecule has 1 aromatic carbocycles. The Morgan fingerprint density at radius 1 is 1.30 bits per heavy atom. The van der Waals surface area contributed by atoms with Gasteiger partial charge in [0.1, 0.15) is 11.6 Å². The molecule has 0 fully saturated rings. The van der Waals surface area contributed by atoms with Gasteiger partial charge < -0.3 is 19.9 Å². The molecular formula is C22H33FN6O. The van der Waals surface area contributed by atoms with Crippen LogP contribution in [0.5, 0.6) is 5.75 Å². The summed E-state index contributed by atoms with van der Waals surface area (Å²) in [5.74, 6) is 2.81. The molecule has 2 heterocycles. The smallest absolute Gasteiger partial charge is 0.191 e. The molecule has 0 saturated carbocycles. The number of aliphatic imine (C=N–C) groups is 1. The van der Waals surface area contributed by atoms with E-state index >= 15 is 0 Å². The fourth-order valence-electron chi connectivity index (χ4n) is 3.72. The highest BCUT2D eigenvalue weighted by Gasteiger charge is 2.14. The van der Waals surface area contributed by atoms with Gasteiger partial charge in [-0.1, -0.05) is 12.5 Å². The van der Waals surface area contributed by atoms with Crippen molar-refractivity contribution >= 4 is 5.96 Å². The molecule has 0 saturated heterocycles. The summed E-state index contributed by atoms with van der Waals surface area (Å²) in [7, 11) is 1.46. The average molecular weight is 417 g/mol. The third kappa shape index (κ3) is 5.70. The number of hydrogen-bond donors (Lipinski definition) is 2. The van der Waals surface area contributed by atoms with Crippen molar-refractivity contribution in [1.82, 2.24) is 25.4 Å². The molecule has 7 nitrogen and oxygen atoms in total. The van der Waals surface area contributed by atoms with Crippen LogP contribution in [0, 0.1) is 5.82 Å². The lowest BCUT2D eigenvalue weighted by molar-refractivity contribution is 0.386. The number of fused-ring (bicyclic) bond motifs is 1. The second kappa shape index (κ2) is 10.9.